The van der Waals surface area contributed by atoms with E-state index in [1.807, 2.05) is 24.3 Å². The highest BCUT2D eigenvalue weighted by molar-refractivity contribution is 9.10. The van der Waals surface area contributed by atoms with Gasteiger partial charge in [0.2, 0.25) is 0 Å². The van der Waals surface area contributed by atoms with E-state index in [-0.39, 0.29) is 12.6 Å². The molecule has 1 aromatic rings. The Morgan fingerprint density at radius 2 is 1.90 bits per heavy atom. The maximum absolute atomic E-state index is 11.6. The molecule has 0 aromatic heterocycles. The summed E-state index contributed by atoms with van der Waals surface area (Å²) in [6.07, 6.45) is 0.941. The predicted molar refractivity (Wildman–Crippen MR) is 84.6 cm³/mol. The van der Waals surface area contributed by atoms with E-state index in [2.05, 4.69) is 40.4 Å². The summed E-state index contributed by atoms with van der Waals surface area (Å²) in [5, 5.41) is 15.9. The van der Waals surface area contributed by atoms with Crippen molar-refractivity contribution in [1.82, 2.24) is 10.6 Å². The monoisotopic (exact) mass is 342 g/mol. The Morgan fingerprint density at radius 1 is 1.30 bits per heavy atom. The molecule has 0 aliphatic heterocycles. The quantitative estimate of drug-likeness (QED) is 0.744. The van der Waals surface area contributed by atoms with Crippen molar-refractivity contribution in [2.45, 2.75) is 32.8 Å². The largest absolute Gasteiger partial charge is 0.384 e. The molecule has 0 bridgehead atoms. The molecule has 2 amide bonds. The number of amides is 2. The van der Waals surface area contributed by atoms with Crippen LogP contribution in [0.1, 0.15) is 32.8 Å². The minimum Gasteiger partial charge on any atom is -0.384 e. The average Bonchev–Trinajstić information content (AvgIpc) is 2.36. The minimum absolute atomic E-state index is 0.169. The first-order chi connectivity index (χ1) is 9.31. The third-order valence-corrected chi connectivity index (χ3v) is 3.60. The molecule has 0 aliphatic rings. The van der Waals surface area contributed by atoms with Gasteiger partial charge in [-0.1, -0.05) is 41.9 Å². The van der Waals surface area contributed by atoms with Crippen LogP contribution >= 0.6 is 15.9 Å². The first-order valence-corrected chi connectivity index (χ1v) is 7.60. The number of carbonyl (C=O) groups excluding carboxylic acids is 1. The number of hydrogen-bond acceptors (Lipinski definition) is 2. The second kappa shape index (κ2) is 7.64. The molecule has 0 heterocycles. The SMILES string of the molecule is CC(C)CCNC(=O)NCC(C)(O)c1ccc(Br)cc1. The van der Waals surface area contributed by atoms with Gasteiger partial charge in [-0.3, -0.25) is 0 Å². The number of halogens is 1. The van der Waals surface area contributed by atoms with Crippen LogP contribution in [0.25, 0.3) is 0 Å². The molecule has 112 valence electrons. The summed E-state index contributed by atoms with van der Waals surface area (Å²) in [6.45, 7) is 6.71. The Hall–Kier alpha value is -1.07. The van der Waals surface area contributed by atoms with Gasteiger partial charge in [0, 0.05) is 11.0 Å². The Morgan fingerprint density at radius 3 is 2.45 bits per heavy atom. The third-order valence-electron chi connectivity index (χ3n) is 3.07. The molecule has 20 heavy (non-hydrogen) atoms. The lowest BCUT2D eigenvalue weighted by molar-refractivity contribution is 0.0594. The summed E-state index contributed by atoms with van der Waals surface area (Å²) in [6, 6.07) is 7.16. The first kappa shape index (κ1) is 17.0. The fourth-order valence-corrected chi connectivity index (χ4v) is 1.96. The Balaban J connectivity index is 2.42. The molecule has 4 nitrogen and oxygen atoms in total. The van der Waals surface area contributed by atoms with Crippen molar-refractivity contribution >= 4 is 22.0 Å². The molecule has 0 aliphatic carbocycles. The van der Waals surface area contributed by atoms with Crippen molar-refractivity contribution in [1.29, 1.82) is 0 Å². The Bertz CT molecular complexity index is 430. The fraction of sp³-hybridized carbons (Fsp3) is 0.533. The summed E-state index contributed by atoms with van der Waals surface area (Å²) < 4.78 is 0.955. The lowest BCUT2D eigenvalue weighted by atomic mass is 9.96. The van der Waals surface area contributed by atoms with Gasteiger partial charge >= 0.3 is 6.03 Å². The van der Waals surface area contributed by atoms with E-state index >= 15 is 0 Å². The van der Waals surface area contributed by atoms with Crippen LogP contribution in [0.15, 0.2) is 28.7 Å². The van der Waals surface area contributed by atoms with Crippen molar-refractivity contribution in [2.75, 3.05) is 13.1 Å². The van der Waals surface area contributed by atoms with Gasteiger partial charge in [-0.15, -0.1) is 0 Å². The number of urea groups is 1. The molecule has 1 rings (SSSR count). The standard InChI is InChI=1S/C15H23BrN2O2/c1-11(2)8-9-17-14(19)18-10-15(3,20)12-4-6-13(16)7-5-12/h4-7,11,20H,8-10H2,1-3H3,(H2,17,18,19). The van der Waals surface area contributed by atoms with E-state index in [0.29, 0.717) is 12.5 Å². The van der Waals surface area contributed by atoms with Crippen LogP contribution in [0.2, 0.25) is 0 Å². The van der Waals surface area contributed by atoms with Crippen molar-refractivity contribution in [2.24, 2.45) is 5.92 Å². The van der Waals surface area contributed by atoms with Crippen LogP contribution in [-0.4, -0.2) is 24.2 Å². The van der Waals surface area contributed by atoms with Crippen LogP contribution < -0.4 is 10.6 Å². The van der Waals surface area contributed by atoms with E-state index in [9.17, 15) is 9.90 Å². The number of hydrogen-bond donors (Lipinski definition) is 3. The summed E-state index contributed by atoms with van der Waals surface area (Å²) in [7, 11) is 0. The maximum Gasteiger partial charge on any atom is 0.314 e. The van der Waals surface area contributed by atoms with Gasteiger partial charge in [-0.25, -0.2) is 4.79 Å². The lowest BCUT2D eigenvalue weighted by Crippen LogP contribution is -2.43. The molecule has 0 spiro atoms. The topological polar surface area (TPSA) is 61.4 Å². The second-order valence-electron chi connectivity index (χ2n) is 5.57. The molecule has 0 radical (unpaired) electrons. The molecule has 1 atom stereocenters. The summed E-state index contributed by atoms with van der Waals surface area (Å²) >= 11 is 3.35. The molecule has 1 unspecified atom stereocenters. The summed E-state index contributed by atoms with van der Waals surface area (Å²) in [5.74, 6) is 0.557. The highest BCUT2D eigenvalue weighted by Gasteiger charge is 2.23. The van der Waals surface area contributed by atoms with Gasteiger partial charge in [0.25, 0.3) is 0 Å². The van der Waals surface area contributed by atoms with E-state index in [1.165, 1.54) is 0 Å². The number of carbonyl (C=O) groups is 1. The molecular weight excluding hydrogens is 320 g/mol. The van der Waals surface area contributed by atoms with Gasteiger partial charge in [-0.05, 0) is 37.0 Å². The normalized spacial score (nSPS) is 13.9. The molecule has 0 fully saturated rings. The van der Waals surface area contributed by atoms with Crippen molar-refractivity contribution < 1.29 is 9.90 Å². The zero-order valence-electron chi connectivity index (χ0n) is 12.2. The van der Waals surface area contributed by atoms with Crippen LogP contribution in [-0.2, 0) is 5.60 Å². The lowest BCUT2D eigenvalue weighted by Gasteiger charge is -2.24. The first-order valence-electron chi connectivity index (χ1n) is 6.81. The summed E-state index contributed by atoms with van der Waals surface area (Å²) in [4.78, 5) is 11.6. The molecule has 0 saturated carbocycles. The zero-order chi connectivity index (χ0) is 15.2. The van der Waals surface area contributed by atoms with Crippen molar-refractivity contribution in [3.63, 3.8) is 0 Å². The van der Waals surface area contributed by atoms with Gasteiger partial charge in [0.05, 0.1) is 6.54 Å². The molecule has 3 N–H and O–H groups in total. The summed E-state index contributed by atoms with van der Waals surface area (Å²) in [5.41, 5.74) is -0.320. The van der Waals surface area contributed by atoms with Crippen molar-refractivity contribution in [3.05, 3.63) is 34.3 Å². The maximum atomic E-state index is 11.6. The van der Waals surface area contributed by atoms with E-state index in [1.54, 1.807) is 6.92 Å². The average molecular weight is 343 g/mol. The number of rotatable bonds is 6. The van der Waals surface area contributed by atoms with Gasteiger partial charge < -0.3 is 15.7 Å². The Kier molecular flexibility index (Phi) is 6.49. The van der Waals surface area contributed by atoms with Crippen molar-refractivity contribution in [3.8, 4) is 0 Å². The fourth-order valence-electron chi connectivity index (χ4n) is 1.70. The molecule has 5 heteroatoms. The second-order valence-corrected chi connectivity index (χ2v) is 6.49. The van der Waals surface area contributed by atoms with Gasteiger partial charge in [0.1, 0.15) is 5.60 Å². The third kappa shape index (κ3) is 5.92. The number of nitrogens with one attached hydrogen (secondary N) is 2. The minimum atomic E-state index is -1.09. The van der Waals surface area contributed by atoms with Gasteiger partial charge in [-0.2, -0.15) is 0 Å². The van der Waals surface area contributed by atoms with Crippen LogP contribution in [0.5, 0.6) is 0 Å². The van der Waals surface area contributed by atoms with E-state index in [0.717, 1.165) is 16.5 Å². The van der Waals surface area contributed by atoms with E-state index < -0.39 is 5.60 Å². The van der Waals surface area contributed by atoms with Gasteiger partial charge in [0.15, 0.2) is 0 Å². The molecule has 0 saturated heterocycles. The predicted octanol–water partition coefficient (Wildman–Crippen LogP) is 3.00. The van der Waals surface area contributed by atoms with E-state index in [4.69, 9.17) is 0 Å². The number of benzene rings is 1. The highest BCUT2D eigenvalue weighted by atomic mass is 79.9. The Labute approximate surface area is 129 Å². The molecular formula is C15H23BrN2O2. The number of aliphatic hydroxyl groups is 1. The highest BCUT2D eigenvalue weighted by Crippen LogP contribution is 2.21. The van der Waals surface area contributed by atoms with Crippen LogP contribution in [0, 0.1) is 5.92 Å². The zero-order valence-corrected chi connectivity index (χ0v) is 13.8. The smallest absolute Gasteiger partial charge is 0.314 e. The van der Waals surface area contributed by atoms with Crippen LogP contribution in [0.4, 0.5) is 4.79 Å². The van der Waals surface area contributed by atoms with Crippen LogP contribution in [0.3, 0.4) is 0 Å². The molecule has 1 aromatic carbocycles.